The highest BCUT2D eigenvalue weighted by molar-refractivity contribution is 5.80. The first-order valence-electron chi connectivity index (χ1n) is 7.52. The van der Waals surface area contributed by atoms with E-state index in [9.17, 15) is 9.59 Å². The first-order chi connectivity index (χ1) is 9.85. The highest BCUT2D eigenvalue weighted by atomic mass is 16.2. The standard InChI is InChI=1S/C16H25N3O2/c1-16(2,3)11-15(21)19-8-6-18(7-9-19)14(20)10-13-4-5-17-12-13/h4-5,12,17H,6-11H2,1-3H3. The second-order valence-corrected chi connectivity index (χ2v) is 6.90. The number of rotatable bonds is 3. The van der Waals surface area contributed by atoms with Crippen molar-refractivity contribution in [3.05, 3.63) is 24.0 Å². The number of aromatic amines is 1. The molecule has 1 N–H and O–H groups in total. The minimum Gasteiger partial charge on any atom is -0.367 e. The Kier molecular flexibility index (Phi) is 4.70. The Morgan fingerprint density at radius 3 is 2.14 bits per heavy atom. The molecule has 5 nitrogen and oxygen atoms in total. The lowest BCUT2D eigenvalue weighted by atomic mass is 9.91. The van der Waals surface area contributed by atoms with E-state index in [0.717, 1.165) is 5.56 Å². The summed E-state index contributed by atoms with van der Waals surface area (Å²) in [5.74, 6) is 0.331. The van der Waals surface area contributed by atoms with Crippen LogP contribution in [0.3, 0.4) is 0 Å². The molecule has 116 valence electrons. The van der Waals surface area contributed by atoms with Gasteiger partial charge in [-0.15, -0.1) is 0 Å². The third kappa shape index (κ3) is 4.62. The summed E-state index contributed by atoms with van der Waals surface area (Å²) in [4.78, 5) is 31.0. The normalized spacial score (nSPS) is 16.1. The van der Waals surface area contributed by atoms with E-state index in [0.29, 0.717) is 39.0 Å². The fourth-order valence-corrected chi connectivity index (χ4v) is 2.53. The minimum atomic E-state index is 0.0122. The second-order valence-electron chi connectivity index (χ2n) is 6.90. The van der Waals surface area contributed by atoms with E-state index in [1.165, 1.54) is 0 Å². The van der Waals surface area contributed by atoms with E-state index in [2.05, 4.69) is 25.8 Å². The first kappa shape index (κ1) is 15.6. The Labute approximate surface area is 126 Å². The Hall–Kier alpha value is -1.78. The summed E-state index contributed by atoms with van der Waals surface area (Å²) in [6, 6.07) is 1.92. The summed E-state index contributed by atoms with van der Waals surface area (Å²) < 4.78 is 0. The van der Waals surface area contributed by atoms with Crippen molar-refractivity contribution >= 4 is 11.8 Å². The van der Waals surface area contributed by atoms with Gasteiger partial charge >= 0.3 is 0 Å². The van der Waals surface area contributed by atoms with E-state index < -0.39 is 0 Å². The van der Waals surface area contributed by atoms with Crippen LogP contribution in [0.2, 0.25) is 0 Å². The fourth-order valence-electron chi connectivity index (χ4n) is 2.53. The van der Waals surface area contributed by atoms with E-state index >= 15 is 0 Å². The smallest absolute Gasteiger partial charge is 0.227 e. The number of carbonyl (C=O) groups excluding carboxylic acids is 2. The number of nitrogens with one attached hydrogen (secondary N) is 1. The number of carbonyl (C=O) groups is 2. The number of piperazine rings is 1. The zero-order valence-corrected chi connectivity index (χ0v) is 13.2. The highest BCUT2D eigenvalue weighted by Gasteiger charge is 2.26. The molecule has 1 saturated heterocycles. The molecule has 0 aromatic carbocycles. The van der Waals surface area contributed by atoms with Crippen LogP contribution in [0.5, 0.6) is 0 Å². The number of aromatic nitrogens is 1. The zero-order chi connectivity index (χ0) is 15.5. The quantitative estimate of drug-likeness (QED) is 0.921. The molecule has 0 aliphatic carbocycles. The van der Waals surface area contributed by atoms with E-state index in [-0.39, 0.29) is 17.2 Å². The Balaban J connectivity index is 1.80. The van der Waals surface area contributed by atoms with E-state index in [4.69, 9.17) is 0 Å². The molecule has 1 fully saturated rings. The van der Waals surface area contributed by atoms with Gasteiger partial charge in [0.1, 0.15) is 0 Å². The van der Waals surface area contributed by atoms with Gasteiger partial charge in [-0.3, -0.25) is 9.59 Å². The van der Waals surface area contributed by atoms with Crippen LogP contribution < -0.4 is 0 Å². The largest absolute Gasteiger partial charge is 0.367 e. The summed E-state index contributed by atoms with van der Waals surface area (Å²) in [5.41, 5.74) is 1.02. The molecule has 2 amide bonds. The Morgan fingerprint density at radius 2 is 1.67 bits per heavy atom. The topological polar surface area (TPSA) is 56.4 Å². The molecule has 1 aliphatic rings. The molecular weight excluding hydrogens is 266 g/mol. The average Bonchev–Trinajstić information content (AvgIpc) is 2.90. The van der Waals surface area contributed by atoms with Crippen molar-refractivity contribution in [2.75, 3.05) is 26.2 Å². The molecule has 21 heavy (non-hydrogen) atoms. The summed E-state index contributed by atoms with van der Waals surface area (Å²) in [6.45, 7) is 8.78. The maximum absolute atomic E-state index is 12.2. The van der Waals surface area contributed by atoms with Gasteiger partial charge < -0.3 is 14.8 Å². The maximum atomic E-state index is 12.2. The van der Waals surface area contributed by atoms with Gasteiger partial charge in [-0.1, -0.05) is 20.8 Å². The fraction of sp³-hybridized carbons (Fsp3) is 0.625. The van der Waals surface area contributed by atoms with E-state index in [1.807, 2.05) is 28.3 Å². The summed E-state index contributed by atoms with van der Waals surface area (Å²) in [5, 5.41) is 0. The maximum Gasteiger partial charge on any atom is 0.227 e. The number of H-pyrrole nitrogens is 1. The van der Waals surface area contributed by atoms with Gasteiger partial charge in [-0.25, -0.2) is 0 Å². The molecular formula is C16H25N3O2. The van der Waals surface area contributed by atoms with Crippen molar-refractivity contribution in [1.82, 2.24) is 14.8 Å². The number of nitrogens with zero attached hydrogens (tertiary/aromatic N) is 2. The molecule has 0 bridgehead atoms. The SMILES string of the molecule is CC(C)(C)CC(=O)N1CCN(C(=O)Cc2cc[nH]c2)CC1. The van der Waals surface area contributed by atoms with Crippen LogP contribution in [-0.2, 0) is 16.0 Å². The van der Waals surface area contributed by atoms with Crippen LogP contribution >= 0.6 is 0 Å². The predicted octanol–water partition coefficient (Wildman–Crippen LogP) is 1.66. The molecule has 1 aromatic heterocycles. The van der Waals surface area contributed by atoms with Crippen molar-refractivity contribution in [3.8, 4) is 0 Å². The number of hydrogen-bond acceptors (Lipinski definition) is 2. The lowest BCUT2D eigenvalue weighted by Crippen LogP contribution is -2.51. The monoisotopic (exact) mass is 291 g/mol. The molecule has 0 radical (unpaired) electrons. The van der Waals surface area contributed by atoms with Crippen LogP contribution in [-0.4, -0.2) is 52.8 Å². The molecule has 0 unspecified atom stereocenters. The number of amides is 2. The van der Waals surface area contributed by atoms with Crippen molar-refractivity contribution < 1.29 is 9.59 Å². The van der Waals surface area contributed by atoms with Gasteiger partial charge in [0.25, 0.3) is 0 Å². The van der Waals surface area contributed by atoms with Gasteiger partial charge in [-0.05, 0) is 17.0 Å². The molecule has 1 aliphatic heterocycles. The summed E-state index contributed by atoms with van der Waals surface area (Å²) >= 11 is 0. The molecule has 5 heteroatoms. The van der Waals surface area contributed by atoms with Crippen LogP contribution in [0.25, 0.3) is 0 Å². The lowest BCUT2D eigenvalue weighted by molar-refractivity contribution is -0.140. The van der Waals surface area contributed by atoms with Crippen molar-refractivity contribution in [2.45, 2.75) is 33.6 Å². The second kappa shape index (κ2) is 6.33. The minimum absolute atomic E-state index is 0.0122. The van der Waals surface area contributed by atoms with Crippen LogP contribution in [0.15, 0.2) is 18.5 Å². The summed E-state index contributed by atoms with van der Waals surface area (Å²) in [6.07, 6.45) is 4.66. The van der Waals surface area contributed by atoms with Crippen molar-refractivity contribution in [3.63, 3.8) is 0 Å². The van der Waals surface area contributed by atoms with Crippen LogP contribution in [0, 0.1) is 5.41 Å². The van der Waals surface area contributed by atoms with E-state index in [1.54, 1.807) is 0 Å². The lowest BCUT2D eigenvalue weighted by Gasteiger charge is -2.36. The van der Waals surface area contributed by atoms with Gasteiger partial charge in [0, 0.05) is 45.0 Å². The van der Waals surface area contributed by atoms with Crippen LogP contribution in [0.1, 0.15) is 32.8 Å². The molecule has 2 rings (SSSR count). The first-order valence-corrected chi connectivity index (χ1v) is 7.52. The van der Waals surface area contributed by atoms with Crippen molar-refractivity contribution in [2.24, 2.45) is 5.41 Å². The van der Waals surface area contributed by atoms with Crippen LogP contribution in [0.4, 0.5) is 0 Å². The summed E-state index contributed by atoms with van der Waals surface area (Å²) in [7, 11) is 0. The molecule has 0 saturated carbocycles. The van der Waals surface area contributed by atoms with Gasteiger partial charge in [-0.2, -0.15) is 0 Å². The van der Waals surface area contributed by atoms with Gasteiger partial charge in [0.2, 0.25) is 11.8 Å². The highest BCUT2D eigenvalue weighted by Crippen LogP contribution is 2.20. The number of hydrogen-bond donors (Lipinski definition) is 1. The van der Waals surface area contributed by atoms with Gasteiger partial charge in [0.15, 0.2) is 0 Å². The third-order valence-electron chi connectivity index (χ3n) is 3.68. The Morgan fingerprint density at radius 1 is 1.10 bits per heavy atom. The molecule has 0 spiro atoms. The molecule has 1 aromatic rings. The van der Waals surface area contributed by atoms with Crippen molar-refractivity contribution in [1.29, 1.82) is 0 Å². The third-order valence-corrected chi connectivity index (χ3v) is 3.68. The average molecular weight is 291 g/mol. The zero-order valence-electron chi connectivity index (χ0n) is 13.2. The van der Waals surface area contributed by atoms with Gasteiger partial charge in [0.05, 0.1) is 6.42 Å². The molecule has 0 atom stereocenters. The Bertz CT molecular complexity index is 480. The molecule has 2 heterocycles. The predicted molar refractivity (Wildman–Crippen MR) is 81.7 cm³/mol.